The van der Waals surface area contributed by atoms with Crippen molar-refractivity contribution in [2.45, 2.75) is 17.7 Å². The smallest absolute Gasteiger partial charge is 0.243 e. The number of hydrogen-bond acceptors (Lipinski definition) is 6. The highest BCUT2D eigenvalue weighted by molar-refractivity contribution is 7.89. The summed E-state index contributed by atoms with van der Waals surface area (Å²) >= 11 is 1.39. The molecule has 0 atom stereocenters. The van der Waals surface area contributed by atoms with Gasteiger partial charge in [0.25, 0.3) is 0 Å². The highest BCUT2D eigenvalue weighted by Crippen LogP contribution is 2.27. The van der Waals surface area contributed by atoms with Crippen LogP contribution in [-0.2, 0) is 16.4 Å². The zero-order valence-electron chi connectivity index (χ0n) is 17.6. The first kappa shape index (κ1) is 21.1. The fourth-order valence-electron chi connectivity index (χ4n) is 4.11. The Bertz CT molecular complexity index is 1320. The summed E-state index contributed by atoms with van der Waals surface area (Å²) in [6.07, 6.45) is 1.45. The minimum atomic E-state index is -3.58. The molecular formula is C24H24N4O2S2. The Morgan fingerprint density at radius 1 is 0.844 bits per heavy atom. The van der Waals surface area contributed by atoms with Crippen molar-refractivity contribution in [1.29, 1.82) is 0 Å². The van der Waals surface area contributed by atoms with Gasteiger partial charge in [0.05, 0.1) is 4.90 Å². The van der Waals surface area contributed by atoms with Crippen molar-refractivity contribution >= 4 is 37.5 Å². The lowest BCUT2D eigenvalue weighted by atomic mass is 10.1. The highest BCUT2D eigenvalue weighted by Gasteiger charge is 2.29. The van der Waals surface area contributed by atoms with Gasteiger partial charge in [-0.1, -0.05) is 66.7 Å². The number of aromatic nitrogens is 2. The van der Waals surface area contributed by atoms with Gasteiger partial charge in [-0.25, -0.2) is 13.4 Å². The molecule has 32 heavy (non-hydrogen) atoms. The Morgan fingerprint density at radius 3 is 2.50 bits per heavy atom. The van der Waals surface area contributed by atoms with E-state index in [-0.39, 0.29) is 0 Å². The maximum atomic E-state index is 13.5. The van der Waals surface area contributed by atoms with Crippen LogP contribution in [0.4, 0.5) is 5.13 Å². The molecule has 0 bridgehead atoms. The summed E-state index contributed by atoms with van der Waals surface area (Å²) in [5.41, 5.74) is 1.18. The van der Waals surface area contributed by atoms with Crippen LogP contribution < -0.4 is 4.90 Å². The molecule has 0 saturated carbocycles. The summed E-state index contributed by atoms with van der Waals surface area (Å²) in [5, 5.41) is 2.57. The summed E-state index contributed by atoms with van der Waals surface area (Å²) < 4.78 is 33.1. The Labute approximate surface area is 192 Å². The SMILES string of the molecule is O=S(=O)(c1cccc2ccccc12)N1CCCN(c2nc(Cc3ccccc3)ns2)CC1. The van der Waals surface area contributed by atoms with E-state index in [2.05, 4.69) is 21.4 Å². The molecule has 2 heterocycles. The molecule has 1 aliphatic rings. The van der Waals surface area contributed by atoms with Crippen LogP contribution in [0.25, 0.3) is 10.8 Å². The molecular weight excluding hydrogens is 440 g/mol. The molecule has 5 rings (SSSR count). The van der Waals surface area contributed by atoms with Gasteiger partial charge in [0, 0.05) is 49.5 Å². The largest absolute Gasteiger partial charge is 0.345 e. The van der Waals surface area contributed by atoms with Gasteiger partial charge in [-0.3, -0.25) is 0 Å². The third-order valence-corrected chi connectivity index (χ3v) is 8.53. The maximum Gasteiger partial charge on any atom is 0.243 e. The van der Waals surface area contributed by atoms with E-state index in [1.54, 1.807) is 10.4 Å². The Kier molecular flexibility index (Phi) is 5.91. The third-order valence-electron chi connectivity index (χ3n) is 5.76. The van der Waals surface area contributed by atoms with E-state index in [1.807, 2.05) is 54.6 Å². The first-order chi connectivity index (χ1) is 15.6. The van der Waals surface area contributed by atoms with E-state index in [1.165, 1.54) is 17.1 Å². The van der Waals surface area contributed by atoms with Gasteiger partial charge in [0.15, 0.2) is 0 Å². The second kappa shape index (κ2) is 8.97. The molecule has 8 heteroatoms. The molecule has 3 aromatic carbocycles. The Morgan fingerprint density at radius 2 is 1.62 bits per heavy atom. The Hall–Kier alpha value is -2.81. The lowest BCUT2D eigenvalue weighted by Gasteiger charge is -2.22. The lowest BCUT2D eigenvalue weighted by Crippen LogP contribution is -2.35. The van der Waals surface area contributed by atoms with Crippen LogP contribution in [-0.4, -0.2) is 48.3 Å². The molecule has 0 spiro atoms. The van der Waals surface area contributed by atoms with Crippen LogP contribution in [0.3, 0.4) is 0 Å². The second-order valence-electron chi connectivity index (χ2n) is 7.88. The summed E-state index contributed by atoms with van der Waals surface area (Å²) in [4.78, 5) is 7.26. The van der Waals surface area contributed by atoms with Gasteiger partial charge in [-0.2, -0.15) is 8.68 Å². The fourth-order valence-corrected chi connectivity index (χ4v) is 6.53. The highest BCUT2D eigenvalue weighted by atomic mass is 32.2. The molecule has 164 valence electrons. The van der Waals surface area contributed by atoms with Crippen LogP contribution in [0.5, 0.6) is 0 Å². The van der Waals surface area contributed by atoms with E-state index in [9.17, 15) is 8.42 Å². The van der Waals surface area contributed by atoms with Crippen LogP contribution in [0.15, 0.2) is 77.7 Å². The zero-order chi connectivity index (χ0) is 22.0. The molecule has 1 saturated heterocycles. The molecule has 0 aliphatic carbocycles. The molecule has 0 N–H and O–H groups in total. The average Bonchev–Trinajstić information content (AvgIpc) is 3.13. The molecule has 1 aromatic heterocycles. The van der Waals surface area contributed by atoms with Gasteiger partial charge < -0.3 is 4.90 Å². The van der Waals surface area contributed by atoms with Gasteiger partial charge in [-0.05, 0) is 23.4 Å². The molecule has 1 aliphatic heterocycles. The van der Waals surface area contributed by atoms with Gasteiger partial charge in [0.2, 0.25) is 15.2 Å². The van der Waals surface area contributed by atoms with Crippen molar-refractivity contribution in [1.82, 2.24) is 13.7 Å². The number of nitrogens with zero attached hydrogens (tertiary/aromatic N) is 4. The molecule has 4 aromatic rings. The number of benzene rings is 3. The van der Waals surface area contributed by atoms with Gasteiger partial charge in [-0.15, -0.1) is 0 Å². The van der Waals surface area contributed by atoms with Crippen molar-refractivity contribution in [3.05, 3.63) is 84.2 Å². The zero-order valence-corrected chi connectivity index (χ0v) is 19.2. The molecule has 1 fully saturated rings. The molecule has 0 unspecified atom stereocenters. The molecule has 0 radical (unpaired) electrons. The van der Waals surface area contributed by atoms with Gasteiger partial charge in [0.1, 0.15) is 5.82 Å². The standard InChI is InChI=1S/C24H24N4O2S2/c29-32(30,22-13-6-11-20-10-4-5-12-21(20)22)28-15-7-14-27(16-17-28)24-25-23(26-31-24)18-19-8-2-1-3-9-19/h1-6,8-13H,7,14-18H2. The van der Waals surface area contributed by atoms with Gasteiger partial charge >= 0.3 is 0 Å². The van der Waals surface area contributed by atoms with E-state index in [0.717, 1.165) is 34.7 Å². The quantitative estimate of drug-likeness (QED) is 0.443. The van der Waals surface area contributed by atoms with E-state index in [0.29, 0.717) is 31.0 Å². The summed E-state index contributed by atoms with van der Waals surface area (Å²) in [7, 11) is -3.58. The number of hydrogen-bond donors (Lipinski definition) is 0. The minimum Gasteiger partial charge on any atom is -0.345 e. The molecule has 0 amide bonds. The maximum absolute atomic E-state index is 13.5. The van der Waals surface area contributed by atoms with E-state index < -0.39 is 10.0 Å². The van der Waals surface area contributed by atoms with Crippen LogP contribution in [0.2, 0.25) is 0 Å². The number of rotatable bonds is 5. The normalized spacial score (nSPS) is 15.7. The summed E-state index contributed by atoms with van der Waals surface area (Å²) in [6.45, 7) is 2.29. The minimum absolute atomic E-state index is 0.380. The van der Waals surface area contributed by atoms with E-state index in [4.69, 9.17) is 4.98 Å². The van der Waals surface area contributed by atoms with Crippen LogP contribution in [0, 0.1) is 0 Å². The predicted octanol–water partition coefficient (Wildman–Crippen LogP) is 4.18. The summed E-state index contributed by atoms with van der Waals surface area (Å²) in [6, 6.07) is 23.3. The average molecular weight is 465 g/mol. The number of anilines is 1. The second-order valence-corrected chi connectivity index (χ2v) is 10.5. The summed E-state index contributed by atoms with van der Waals surface area (Å²) in [5.74, 6) is 0.806. The first-order valence-electron chi connectivity index (χ1n) is 10.7. The van der Waals surface area contributed by atoms with Crippen LogP contribution in [0.1, 0.15) is 17.8 Å². The number of fused-ring (bicyclic) bond motifs is 1. The molecule has 6 nitrogen and oxygen atoms in total. The fraction of sp³-hybridized carbons (Fsp3) is 0.250. The Balaban J connectivity index is 1.32. The topological polar surface area (TPSA) is 66.4 Å². The van der Waals surface area contributed by atoms with Crippen molar-refractivity contribution < 1.29 is 8.42 Å². The van der Waals surface area contributed by atoms with Crippen molar-refractivity contribution in [2.24, 2.45) is 0 Å². The lowest BCUT2D eigenvalue weighted by molar-refractivity contribution is 0.433. The van der Waals surface area contributed by atoms with E-state index >= 15 is 0 Å². The number of sulfonamides is 1. The van der Waals surface area contributed by atoms with Crippen LogP contribution >= 0.6 is 11.5 Å². The van der Waals surface area contributed by atoms with Crippen molar-refractivity contribution in [3.63, 3.8) is 0 Å². The van der Waals surface area contributed by atoms with Crippen molar-refractivity contribution in [2.75, 3.05) is 31.1 Å². The predicted molar refractivity (Wildman–Crippen MR) is 129 cm³/mol. The first-order valence-corrected chi connectivity index (χ1v) is 12.9. The van der Waals surface area contributed by atoms with Crippen molar-refractivity contribution in [3.8, 4) is 0 Å². The monoisotopic (exact) mass is 464 g/mol. The third kappa shape index (κ3) is 4.26.